The van der Waals surface area contributed by atoms with Crippen molar-refractivity contribution in [2.24, 2.45) is 16.1 Å². The molecule has 144 valence electrons. The second-order valence-corrected chi connectivity index (χ2v) is 7.89. The van der Waals surface area contributed by atoms with Crippen LogP contribution >= 0.6 is 0 Å². The van der Waals surface area contributed by atoms with Crippen LogP contribution < -0.4 is 15.8 Å². The summed E-state index contributed by atoms with van der Waals surface area (Å²) in [5.41, 5.74) is 2.75. The third kappa shape index (κ3) is 4.39. The Hall–Kier alpha value is -2.60. The van der Waals surface area contributed by atoms with Crippen molar-refractivity contribution in [3.8, 4) is 5.88 Å². The Labute approximate surface area is 155 Å². The number of nitrogens with zero attached hydrogens (tertiary/aromatic N) is 2. The lowest BCUT2D eigenvalue weighted by atomic mass is 10.1. The Morgan fingerprint density at radius 1 is 1.11 bits per heavy atom. The van der Waals surface area contributed by atoms with Crippen LogP contribution in [0.3, 0.4) is 0 Å². The molecule has 0 radical (unpaired) electrons. The van der Waals surface area contributed by atoms with Gasteiger partial charge in [-0.1, -0.05) is 6.92 Å². The molecule has 1 saturated heterocycles. The molecule has 2 aromatic rings. The number of azo groups is 1. The van der Waals surface area contributed by atoms with E-state index < -0.39 is 27.7 Å². The molecule has 3 atom stereocenters. The van der Waals surface area contributed by atoms with E-state index in [1.54, 1.807) is 0 Å². The van der Waals surface area contributed by atoms with Gasteiger partial charge in [-0.15, -0.1) is 5.11 Å². The van der Waals surface area contributed by atoms with Gasteiger partial charge in [0.15, 0.2) is 0 Å². The van der Waals surface area contributed by atoms with Gasteiger partial charge in [0.1, 0.15) is 11.9 Å². The zero-order valence-electron chi connectivity index (χ0n) is 14.6. The fourth-order valence-electron chi connectivity index (χ4n) is 2.35. The smallest absolute Gasteiger partial charge is 0.250 e. The Bertz CT molecular complexity index is 1000. The Morgan fingerprint density at radius 2 is 1.81 bits per heavy atom. The van der Waals surface area contributed by atoms with Crippen LogP contribution in [0.5, 0.6) is 5.88 Å². The highest BCUT2D eigenvalue weighted by atomic mass is 32.2. The van der Waals surface area contributed by atoms with Crippen LogP contribution in [0.25, 0.3) is 0 Å². The SMILES string of the molecule is C[C@H]1[C@H](C)NO[C@@H]1NS(=O)(=O)c1ccc(N=Nc2ccc(=O)[nH]c2O)cc1. The summed E-state index contributed by atoms with van der Waals surface area (Å²) in [7, 11) is -3.76. The van der Waals surface area contributed by atoms with Crippen LogP contribution in [-0.2, 0) is 14.9 Å². The summed E-state index contributed by atoms with van der Waals surface area (Å²) in [5, 5.41) is 17.3. The first-order valence-electron chi connectivity index (χ1n) is 8.14. The lowest BCUT2D eigenvalue weighted by Crippen LogP contribution is -2.38. The molecule has 3 rings (SSSR count). The number of aromatic amines is 1. The van der Waals surface area contributed by atoms with Crippen molar-refractivity contribution < 1.29 is 18.4 Å². The molecular weight excluding hydrogens is 374 g/mol. The van der Waals surface area contributed by atoms with Crippen molar-refractivity contribution in [1.82, 2.24) is 15.2 Å². The molecular formula is C16H19N5O5S. The van der Waals surface area contributed by atoms with E-state index >= 15 is 0 Å². The summed E-state index contributed by atoms with van der Waals surface area (Å²) in [4.78, 5) is 18.5. The van der Waals surface area contributed by atoms with Gasteiger partial charge in [0.25, 0.3) is 5.56 Å². The summed E-state index contributed by atoms with van der Waals surface area (Å²) in [6.07, 6.45) is -0.660. The first kappa shape index (κ1) is 19.2. The summed E-state index contributed by atoms with van der Waals surface area (Å²) >= 11 is 0. The summed E-state index contributed by atoms with van der Waals surface area (Å²) in [5.74, 6) is -0.430. The Morgan fingerprint density at radius 3 is 2.41 bits per heavy atom. The lowest BCUT2D eigenvalue weighted by Gasteiger charge is -2.16. The molecule has 0 aliphatic carbocycles. The van der Waals surface area contributed by atoms with E-state index in [1.165, 1.54) is 36.4 Å². The number of sulfonamides is 1. The minimum Gasteiger partial charge on any atom is -0.493 e. The molecule has 1 aromatic heterocycles. The molecule has 0 saturated carbocycles. The number of hydroxylamine groups is 1. The highest BCUT2D eigenvalue weighted by molar-refractivity contribution is 7.89. The minimum absolute atomic E-state index is 0.0298. The molecule has 1 aliphatic heterocycles. The topological polar surface area (TPSA) is 145 Å². The zero-order chi connectivity index (χ0) is 19.6. The molecule has 27 heavy (non-hydrogen) atoms. The van der Waals surface area contributed by atoms with E-state index in [1.807, 2.05) is 13.8 Å². The maximum atomic E-state index is 12.5. The fourth-order valence-corrected chi connectivity index (χ4v) is 3.55. The van der Waals surface area contributed by atoms with Crippen molar-refractivity contribution in [3.05, 3.63) is 46.8 Å². The van der Waals surface area contributed by atoms with Crippen LogP contribution in [0, 0.1) is 5.92 Å². The number of H-pyrrole nitrogens is 1. The van der Waals surface area contributed by atoms with Crippen molar-refractivity contribution >= 4 is 21.4 Å². The third-order valence-electron chi connectivity index (χ3n) is 4.22. The molecule has 0 amide bonds. The predicted octanol–water partition coefficient (Wildman–Crippen LogP) is 1.66. The number of pyridine rings is 1. The summed E-state index contributed by atoms with van der Waals surface area (Å²) in [6, 6.07) is 8.28. The largest absolute Gasteiger partial charge is 0.493 e. The van der Waals surface area contributed by atoms with Crippen LogP contribution in [0.15, 0.2) is 56.3 Å². The maximum absolute atomic E-state index is 12.5. The van der Waals surface area contributed by atoms with Gasteiger partial charge in [0.05, 0.1) is 10.6 Å². The summed E-state index contributed by atoms with van der Waals surface area (Å²) < 4.78 is 27.4. The standard InChI is InChI=1S/C16H19N5O5S/c1-9-10(2)20-26-16(9)21-27(24,25)12-5-3-11(4-6-12)18-19-13-7-8-14(22)17-15(13)23/h3-10,16,20-21H,1-2H3,(H2,17,22,23)/t9-,10-,16-/m0/s1. The fraction of sp³-hybridized carbons (Fsp3) is 0.312. The number of benzene rings is 1. The van der Waals surface area contributed by atoms with E-state index in [0.29, 0.717) is 5.69 Å². The molecule has 0 bridgehead atoms. The van der Waals surface area contributed by atoms with Gasteiger partial charge in [-0.3, -0.25) is 14.6 Å². The van der Waals surface area contributed by atoms with Gasteiger partial charge in [-0.05, 0) is 37.3 Å². The monoisotopic (exact) mass is 393 g/mol. The van der Waals surface area contributed by atoms with Crippen LogP contribution in [0.2, 0.25) is 0 Å². The average Bonchev–Trinajstić information content (AvgIpc) is 2.93. The first-order valence-corrected chi connectivity index (χ1v) is 9.62. The van der Waals surface area contributed by atoms with Crippen molar-refractivity contribution in [3.63, 3.8) is 0 Å². The molecule has 1 aromatic carbocycles. The maximum Gasteiger partial charge on any atom is 0.250 e. The highest BCUT2D eigenvalue weighted by Crippen LogP contribution is 2.25. The van der Waals surface area contributed by atoms with Gasteiger partial charge in [0.2, 0.25) is 15.9 Å². The number of aromatic hydroxyl groups is 1. The van der Waals surface area contributed by atoms with Gasteiger partial charge in [-0.25, -0.2) is 8.42 Å². The number of nitrogens with one attached hydrogen (secondary N) is 3. The van der Waals surface area contributed by atoms with Crippen LogP contribution in [0.4, 0.5) is 11.4 Å². The molecule has 0 spiro atoms. The second-order valence-electron chi connectivity index (χ2n) is 6.18. The third-order valence-corrected chi connectivity index (χ3v) is 5.65. The first-order chi connectivity index (χ1) is 12.8. The molecule has 4 N–H and O–H groups in total. The zero-order valence-corrected chi connectivity index (χ0v) is 15.4. The minimum atomic E-state index is -3.76. The molecule has 10 nitrogen and oxygen atoms in total. The highest BCUT2D eigenvalue weighted by Gasteiger charge is 2.34. The Kier molecular flexibility index (Phi) is 5.37. The number of hydrogen-bond acceptors (Lipinski definition) is 8. The van der Waals surface area contributed by atoms with Crippen LogP contribution in [0.1, 0.15) is 13.8 Å². The van der Waals surface area contributed by atoms with Gasteiger partial charge in [0, 0.05) is 18.0 Å². The van der Waals surface area contributed by atoms with E-state index in [9.17, 15) is 18.3 Å². The van der Waals surface area contributed by atoms with Crippen LogP contribution in [-0.4, -0.2) is 30.8 Å². The van der Waals surface area contributed by atoms with Crippen molar-refractivity contribution in [2.75, 3.05) is 0 Å². The van der Waals surface area contributed by atoms with E-state index in [0.717, 1.165) is 0 Å². The molecule has 1 fully saturated rings. The van der Waals surface area contributed by atoms with E-state index in [4.69, 9.17) is 4.84 Å². The van der Waals surface area contributed by atoms with Gasteiger partial charge >= 0.3 is 0 Å². The molecule has 11 heteroatoms. The predicted molar refractivity (Wildman–Crippen MR) is 96.3 cm³/mol. The normalized spacial score (nSPS) is 23.1. The number of rotatable bonds is 5. The Balaban J connectivity index is 1.72. The quantitative estimate of drug-likeness (QED) is 0.568. The summed E-state index contributed by atoms with van der Waals surface area (Å²) in [6.45, 7) is 3.78. The lowest BCUT2D eigenvalue weighted by molar-refractivity contribution is 0.0148. The van der Waals surface area contributed by atoms with E-state index in [2.05, 4.69) is 25.4 Å². The van der Waals surface area contributed by atoms with Crippen molar-refractivity contribution in [2.45, 2.75) is 31.0 Å². The molecule has 0 unspecified atom stereocenters. The molecule has 1 aliphatic rings. The van der Waals surface area contributed by atoms with E-state index in [-0.39, 0.29) is 22.5 Å². The van der Waals surface area contributed by atoms with Gasteiger partial charge in [-0.2, -0.15) is 15.3 Å². The second kappa shape index (κ2) is 7.56. The average molecular weight is 393 g/mol. The number of aromatic nitrogens is 1. The van der Waals surface area contributed by atoms with Crippen molar-refractivity contribution in [1.29, 1.82) is 0 Å². The number of hydrogen-bond donors (Lipinski definition) is 4. The molecule has 2 heterocycles. The van der Waals surface area contributed by atoms with Gasteiger partial charge < -0.3 is 5.11 Å².